The molecule has 16 heavy (non-hydrogen) atoms. The van der Waals surface area contributed by atoms with Gasteiger partial charge in [-0.25, -0.2) is 18.4 Å². The number of rotatable bonds is 1. The number of aromatic nitrogens is 2. The van der Waals surface area contributed by atoms with Crippen LogP contribution in [-0.2, 0) is 22.7 Å². The molecule has 2 N–H and O–H groups in total. The Labute approximate surface area is 95.0 Å². The standard InChI is InChI=1S/C10H15N3O2S/c1-7(11)10-12-6-8-2-4-16(14,15)5-3-9(8)13-10/h6-7H,2-5,11H2,1H3. The van der Waals surface area contributed by atoms with E-state index in [1.807, 2.05) is 6.92 Å². The van der Waals surface area contributed by atoms with Crippen molar-refractivity contribution < 1.29 is 8.42 Å². The van der Waals surface area contributed by atoms with E-state index in [1.54, 1.807) is 6.20 Å². The zero-order valence-electron chi connectivity index (χ0n) is 9.18. The summed E-state index contributed by atoms with van der Waals surface area (Å²) in [7, 11) is -2.92. The zero-order valence-corrected chi connectivity index (χ0v) is 10.00. The van der Waals surface area contributed by atoms with Crippen LogP contribution >= 0.6 is 0 Å². The molecule has 1 aliphatic heterocycles. The molecule has 1 aromatic heterocycles. The molecule has 2 heterocycles. The molecular formula is C10H15N3O2S. The highest BCUT2D eigenvalue weighted by molar-refractivity contribution is 7.91. The third kappa shape index (κ3) is 2.38. The van der Waals surface area contributed by atoms with Crippen molar-refractivity contribution in [1.29, 1.82) is 0 Å². The van der Waals surface area contributed by atoms with Gasteiger partial charge in [0.25, 0.3) is 0 Å². The molecule has 0 fully saturated rings. The van der Waals surface area contributed by atoms with Crippen LogP contribution in [0.2, 0.25) is 0 Å². The van der Waals surface area contributed by atoms with E-state index in [4.69, 9.17) is 5.73 Å². The van der Waals surface area contributed by atoms with Crippen molar-refractivity contribution in [2.24, 2.45) is 5.73 Å². The average Bonchev–Trinajstić information content (AvgIpc) is 2.38. The Hall–Kier alpha value is -1.01. The van der Waals surface area contributed by atoms with Gasteiger partial charge >= 0.3 is 0 Å². The first-order valence-electron chi connectivity index (χ1n) is 5.28. The molecule has 1 unspecified atom stereocenters. The van der Waals surface area contributed by atoms with Gasteiger partial charge in [-0.05, 0) is 18.9 Å². The number of aryl methyl sites for hydroxylation is 2. The van der Waals surface area contributed by atoms with Crippen LogP contribution in [0.3, 0.4) is 0 Å². The lowest BCUT2D eigenvalue weighted by atomic mass is 10.1. The van der Waals surface area contributed by atoms with E-state index in [0.717, 1.165) is 11.3 Å². The van der Waals surface area contributed by atoms with Crippen LogP contribution in [0.15, 0.2) is 6.20 Å². The summed E-state index contributed by atoms with van der Waals surface area (Å²) in [6.07, 6.45) is 2.69. The Balaban J connectivity index is 2.36. The summed E-state index contributed by atoms with van der Waals surface area (Å²) in [4.78, 5) is 8.49. The molecule has 2 rings (SSSR count). The SMILES string of the molecule is CC(N)c1ncc2c(n1)CCS(=O)(=O)CC2. The van der Waals surface area contributed by atoms with Crippen molar-refractivity contribution in [2.45, 2.75) is 25.8 Å². The monoisotopic (exact) mass is 241 g/mol. The second-order valence-corrected chi connectivity index (χ2v) is 6.44. The fourth-order valence-corrected chi connectivity index (χ4v) is 2.96. The summed E-state index contributed by atoms with van der Waals surface area (Å²) >= 11 is 0. The van der Waals surface area contributed by atoms with E-state index >= 15 is 0 Å². The lowest BCUT2D eigenvalue weighted by Gasteiger charge is -2.08. The Morgan fingerprint density at radius 3 is 2.75 bits per heavy atom. The molecule has 1 atom stereocenters. The Bertz CT molecular complexity index is 497. The van der Waals surface area contributed by atoms with Gasteiger partial charge in [0.05, 0.1) is 17.5 Å². The van der Waals surface area contributed by atoms with Crippen molar-refractivity contribution >= 4 is 9.84 Å². The van der Waals surface area contributed by atoms with Gasteiger partial charge in [-0.3, -0.25) is 0 Å². The maximum absolute atomic E-state index is 11.5. The fraction of sp³-hybridized carbons (Fsp3) is 0.600. The second-order valence-electron chi connectivity index (χ2n) is 4.14. The third-order valence-electron chi connectivity index (χ3n) is 2.71. The molecule has 1 aliphatic rings. The third-order valence-corrected chi connectivity index (χ3v) is 4.36. The Morgan fingerprint density at radius 1 is 1.38 bits per heavy atom. The van der Waals surface area contributed by atoms with Crippen LogP contribution in [0.25, 0.3) is 0 Å². The van der Waals surface area contributed by atoms with Gasteiger partial charge in [0.2, 0.25) is 0 Å². The molecule has 88 valence electrons. The van der Waals surface area contributed by atoms with Gasteiger partial charge < -0.3 is 5.73 Å². The van der Waals surface area contributed by atoms with Crippen molar-refractivity contribution in [3.05, 3.63) is 23.3 Å². The second kappa shape index (κ2) is 4.10. The highest BCUT2D eigenvalue weighted by atomic mass is 32.2. The lowest BCUT2D eigenvalue weighted by Crippen LogP contribution is -2.13. The summed E-state index contributed by atoms with van der Waals surface area (Å²) in [6.45, 7) is 1.81. The predicted octanol–water partition coefficient (Wildman–Crippen LogP) is 0.00970. The molecule has 0 aliphatic carbocycles. The molecule has 0 bridgehead atoms. The van der Waals surface area contributed by atoms with Crippen LogP contribution in [0.5, 0.6) is 0 Å². The smallest absolute Gasteiger partial charge is 0.151 e. The number of hydrogen-bond donors (Lipinski definition) is 1. The van der Waals surface area contributed by atoms with Crippen molar-refractivity contribution in [3.63, 3.8) is 0 Å². The summed E-state index contributed by atoms with van der Waals surface area (Å²) in [5.74, 6) is 0.953. The summed E-state index contributed by atoms with van der Waals surface area (Å²) in [5, 5.41) is 0. The predicted molar refractivity (Wildman–Crippen MR) is 60.7 cm³/mol. The van der Waals surface area contributed by atoms with Crippen molar-refractivity contribution in [3.8, 4) is 0 Å². The summed E-state index contributed by atoms with van der Waals surface area (Å²) in [6, 6.07) is -0.217. The quantitative estimate of drug-likeness (QED) is 0.748. The minimum Gasteiger partial charge on any atom is -0.322 e. The van der Waals surface area contributed by atoms with E-state index in [0.29, 0.717) is 18.7 Å². The van der Waals surface area contributed by atoms with Gasteiger partial charge in [-0.1, -0.05) is 0 Å². The van der Waals surface area contributed by atoms with Crippen LogP contribution in [0.1, 0.15) is 30.0 Å². The number of hydrogen-bond acceptors (Lipinski definition) is 5. The van der Waals surface area contributed by atoms with Crippen LogP contribution in [-0.4, -0.2) is 29.9 Å². The number of fused-ring (bicyclic) bond motifs is 1. The zero-order chi connectivity index (χ0) is 11.8. The first-order chi connectivity index (χ1) is 7.48. The van der Waals surface area contributed by atoms with E-state index in [-0.39, 0.29) is 17.5 Å². The van der Waals surface area contributed by atoms with Crippen LogP contribution < -0.4 is 5.73 Å². The summed E-state index contributed by atoms with van der Waals surface area (Å²) < 4.78 is 23.0. The highest BCUT2D eigenvalue weighted by Crippen LogP contribution is 2.16. The molecule has 0 saturated heterocycles. The van der Waals surface area contributed by atoms with Crippen LogP contribution in [0, 0.1) is 0 Å². The normalized spacial score (nSPS) is 20.9. The van der Waals surface area contributed by atoms with Gasteiger partial charge in [-0.2, -0.15) is 0 Å². The summed E-state index contributed by atoms with van der Waals surface area (Å²) in [5.41, 5.74) is 7.47. The minimum atomic E-state index is -2.92. The van der Waals surface area contributed by atoms with E-state index < -0.39 is 9.84 Å². The first-order valence-corrected chi connectivity index (χ1v) is 7.11. The molecule has 1 aromatic rings. The van der Waals surface area contributed by atoms with Crippen molar-refractivity contribution in [1.82, 2.24) is 9.97 Å². The fourth-order valence-electron chi connectivity index (χ4n) is 1.72. The molecule has 0 radical (unpaired) electrons. The molecule has 0 amide bonds. The largest absolute Gasteiger partial charge is 0.322 e. The van der Waals surface area contributed by atoms with Gasteiger partial charge in [0.1, 0.15) is 5.82 Å². The number of nitrogens with zero attached hydrogens (tertiary/aromatic N) is 2. The number of sulfone groups is 1. The molecule has 0 saturated carbocycles. The van der Waals surface area contributed by atoms with Gasteiger partial charge in [0.15, 0.2) is 9.84 Å². The van der Waals surface area contributed by atoms with Gasteiger partial charge in [0, 0.05) is 18.3 Å². The van der Waals surface area contributed by atoms with E-state index in [2.05, 4.69) is 9.97 Å². The molecule has 0 aromatic carbocycles. The maximum Gasteiger partial charge on any atom is 0.151 e. The van der Waals surface area contributed by atoms with E-state index in [1.165, 1.54) is 0 Å². The highest BCUT2D eigenvalue weighted by Gasteiger charge is 2.20. The Morgan fingerprint density at radius 2 is 2.06 bits per heavy atom. The van der Waals surface area contributed by atoms with Gasteiger partial charge in [-0.15, -0.1) is 0 Å². The average molecular weight is 241 g/mol. The lowest BCUT2D eigenvalue weighted by molar-refractivity contribution is 0.596. The Kier molecular flexibility index (Phi) is 2.94. The van der Waals surface area contributed by atoms with E-state index in [9.17, 15) is 8.42 Å². The minimum absolute atomic E-state index is 0.176. The van der Waals surface area contributed by atoms with Crippen molar-refractivity contribution in [2.75, 3.05) is 11.5 Å². The topological polar surface area (TPSA) is 85.9 Å². The molecule has 6 heteroatoms. The number of nitrogens with two attached hydrogens (primary N) is 1. The molecule has 0 spiro atoms. The maximum atomic E-state index is 11.5. The molecular weight excluding hydrogens is 226 g/mol. The molecule has 5 nitrogen and oxygen atoms in total. The first kappa shape index (κ1) is 11.5. The van der Waals surface area contributed by atoms with Crippen LogP contribution in [0.4, 0.5) is 0 Å².